The van der Waals surface area contributed by atoms with Crippen molar-refractivity contribution in [3.63, 3.8) is 0 Å². The first-order valence-corrected chi connectivity index (χ1v) is 13.6. The van der Waals surface area contributed by atoms with Crippen LogP contribution in [0.5, 0.6) is 5.75 Å². The number of hydrogen-bond donors (Lipinski definition) is 1. The normalized spacial score (nSPS) is 11.5. The highest BCUT2D eigenvalue weighted by molar-refractivity contribution is 7.99. The number of nitrogens with one attached hydrogen (secondary N) is 1. The number of hydrogen-bond acceptors (Lipinski definition) is 4. The Morgan fingerprint density at radius 3 is 2.25 bits per heavy atom. The minimum atomic E-state index is -0.622. The molecule has 0 aliphatic rings. The van der Waals surface area contributed by atoms with Crippen molar-refractivity contribution in [1.82, 2.24) is 10.2 Å². The standard InChI is InChI=1S/C29H33ClN2O3S/c1-3-17-31-29(34)27(18-22-7-5-4-6-8-22)32(19-23-9-13-25(30)14-10-23)28(33)21-36-20-24-11-15-26(35-2)16-12-24/h4-16,27H,3,17-21H2,1-2H3,(H,31,34)/t27-/m1/s1. The molecule has 0 heterocycles. The number of ether oxygens (including phenoxy) is 1. The molecule has 0 unspecified atom stereocenters. The lowest BCUT2D eigenvalue weighted by molar-refractivity contribution is -0.139. The molecule has 7 heteroatoms. The lowest BCUT2D eigenvalue weighted by Crippen LogP contribution is -2.51. The van der Waals surface area contributed by atoms with Gasteiger partial charge < -0.3 is 15.0 Å². The SMILES string of the molecule is CCCNC(=O)[C@@H](Cc1ccccc1)N(Cc1ccc(Cl)cc1)C(=O)CSCc1ccc(OC)cc1. The molecule has 0 aromatic heterocycles. The Balaban J connectivity index is 1.80. The highest BCUT2D eigenvalue weighted by atomic mass is 35.5. The molecule has 36 heavy (non-hydrogen) atoms. The number of carbonyl (C=O) groups excluding carboxylic acids is 2. The Hall–Kier alpha value is -2.96. The largest absolute Gasteiger partial charge is 0.497 e. The Morgan fingerprint density at radius 1 is 0.944 bits per heavy atom. The van der Waals surface area contributed by atoms with E-state index in [1.165, 1.54) is 11.8 Å². The molecule has 2 amide bonds. The van der Waals surface area contributed by atoms with E-state index in [2.05, 4.69) is 5.32 Å². The van der Waals surface area contributed by atoms with E-state index in [-0.39, 0.29) is 17.6 Å². The molecule has 0 saturated heterocycles. The third-order valence-corrected chi connectivity index (χ3v) is 6.98. The Kier molecular flexibility index (Phi) is 11.2. The fourth-order valence-electron chi connectivity index (χ4n) is 3.77. The Bertz CT molecular complexity index is 1090. The summed E-state index contributed by atoms with van der Waals surface area (Å²) in [6, 6.07) is 24.4. The molecule has 5 nitrogen and oxygen atoms in total. The average molecular weight is 525 g/mol. The molecular weight excluding hydrogens is 492 g/mol. The summed E-state index contributed by atoms with van der Waals surface area (Å²) in [5, 5.41) is 3.64. The van der Waals surface area contributed by atoms with Crippen molar-refractivity contribution in [2.45, 2.75) is 38.1 Å². The molecule has 0 fully saturated rings. The molecule has 0 spiro atoms. The number of halogens is 1. The zero-order valence-corrected chi connectivity index (χ0v) is 22.4. The molecule has 0 bridgehead atoms. The first kappa shape index (κ1) is 27.6. The maximum atomic E-state index is 13.6. The first-order valence-electron chi connectivity index (χ1n) is 12.1. The van der Waals surface area contributed by atoms with Gasteiger partial charge in [0.05, 0.1) is 12.9 Å². The zero-order valence-electron chi connectivity index (χ0n) is 20.8. The maximum Gasteiger partial charge on any atom is 0.243 e. The Morgan fingerprint density at radius 2 is 1.61 bits per heavy atom. The van der Waals surface area contributed by atoms with Crippen LogP contribution in [-0.2, 0) is 28.3 Å². The number of thioether (sulfide) groups is 1. The zero-order chi connectivity index (χ0) is 25.8. The molecule has 3 aromatic rings. The smallest absolute Gasteiger partial charge is 0.243 e. The number of rotatable bonds is 13. The van der Waals surface area contributed by atoms with Crippen LogP contribution in [0.4, 0.5) is 0 Å². The number of nitrogens with zero attached hydrogens (tertiary/aromatic N) is 1. The molecular formula is C29H33ClN2O3S. The molecule has 1 atom stereocenters. The number of methoxy groups -OCH3 is 1. The van der Waals surface area contributed by atoms with Crippen molar-refractivity contribution in [1.29, 1.82) is 0 Å². The van der Waals surface area contributed by atoms with Crippen molar-refractivity contribution >= 4 is 35.2 Å². The molecule has 0 aliphatic heterocycles. The van der Waals surface area contributed by atoms with Crippen molar-refractivity contribution in [2.24, 2.45) is 0 Å². The molecule has 3 rings (SSSR count). The fraction of sp³-hybridized carbons (Fsp3) is 0.310. The summed E-state index contributed by atoms with van der Waals surface area (Å²) in [6.45, 7) is 2.91. The third kappa shape index (κ3) is 8.61. The van der Waals surface area contributed by atoms with Crippen LogP contribution in [0.3, 0.4) is 0 Å². The summed E-state index contributed by atoms with van der Waals surface area (Å²) >= 11 is 7.62. The Labute approximate surface area is 223 Å². The lowest BCUT2D eigenvalue weighted by atomic mass is 10.0. The van der Waals surface area contributed by atoms with E-state index in [0.29, 0.717) is 30.3 Å². The van der Waals surface area contributed by atoms with Gasteiger partial charge in [-0.05, 0) is 47.4 Å². The van der Waals surface area contributed by atoms with E-state index in [1.807, 2.05) is 73.7 Å². The van der Waals surface area contributed by atoms with E-state index in [1.54, 1.807) is 24.1 Å². The maximum absolute atomic E-state index is 13.6. The van der Waals surface area contributed by atoms with Crippen molar-refractivity contribution in [3.05, 3.63) is 101 Å². The van der Waals surface area contributed by atoms with Gasteiger partial charge in [0.25, 0.3) is 0 Å². The van der Waals surface area contributed by atoms with Crippen molar-refractivity contribution in [3.8, 4) is 5.75 Å². The highest BCUT2D eigenvalue weighted by Gasteiger charge is 2.30. The van der Waals surface area contributed by atoms with Crippen LogP contribution in [0.25, 0.3) is 0 Å². The van der Waals surface area contributed by atoms with Crippen LogP contribution in [0.15, 0.2) is 78.9 Å². The van der Waals surface area contributed by atoms with Crippen LogP contribution < -0.4 is 10.1 Å². The van der Waals surface area contributed by atoms with Crippen molar-refractivity contribution in [2.75, 3.05) is 19.4 Å². The van der Waals surface area contributed by atoms with Crippen LogP contribution in [0.2, 0.25) is 5.02 Å². The van der Waals surface area contributed by atoms with Gasteiger partial charge in [-0.2, -0.15) is 0 Å². The fourth-order valence-corrected chi connectivity index (χ4v) is 4.76. The van der Waals surface area contributed by atoms with Crippen molar-refractivity contribution < 1.29 is 14.3 Å². The highest BCUT2D eigenvalue weighted by Crippen LogP contribution is 2.20. The van der Waals surface area contributed by atoms with Gasteiger partial charge in [-0.3, -0.25) is 9.59 Å². The van der Waals surface area contributed by atoms with E-state index >= 15 is 0 Å². The van der Waals surface area contributed by atoms with E-state index in [4.69, 9.17) is 16.3 Å². The summed E-state index contributed by atoms with van der Waals surface area (Å²) in [6.07, 6.45) is 1.27. The number of carbonyl (C=O) groups is 2. The predicted molar refractivity (Wildman–Crippen MR) is 148 cm³/mol. The molecule has 190 valence electrons. The van der Waals surface area contributed by atoms with Gasteiger partial charge in [0.2, 0.25) is 11.8 Å². The van der Waals surface area contributed by atoms with E-state index in [0.717, 1.165) is 28.9 Å². The predicted octanol–water partition coefficient (Wildman–Crippen LogP) is 5.75. The third-order valence-electron chi connectivity index (χ3n) is 5.74. The van der Waals surface area contributed by atoms with Crippen LogP contribution in [-0.4, -0.2) is 42.2 Å². The molecule has 3 aromatic carbocycles. The van der Waals surface area contributed by atoms with Gasteiger partial charge in [-0.1, -0.05) is 73.1 Å². The first-order chi connectivity index (χ1) is 17.5. The molecule has 0 radical (unpaired) electrons. The van der Waals surface area contributed by atoms with E-state index in [9.17, 15) is 9.59 Å². The van der Waals surface area contributed by atoms with Gasteiger partial charge in [-0.15, -0.1) is 11.8 Å². The lowest BCUT2D eigenvalue weighted by Gasteiger charge is -2.31. The van der Waals surface area contributed by atoms with Gasteiger partial charge in [-0.25, -0.2) is 0 Å². The summed E-state index contributed by atoms with van der Waals surface area (Å²) < 4.78 is 5.22. The molecule has 1 N–H and O–H groups in total. The second kappa shape index (κ2) is 14.6. The summed E-state index contributed by atoms with van der Waals surface area (Å²) in [4.78, 5) is 28.6. The number of benzene rings is 3. The average Bonchev–Trinajstić information content (AvgIpc) is 2.91. The summed E-state index contributed by atoms with van der Waals surface area (Å²) in [5.41, 5.74) is 3.04. The van der Waals surface area contributed by atoms with E-state index < -0.39 is 6.04 Å². The molecule has 0 aliphatic carbocycles. The molecule has 0 saturated carbocycles. The summed E-state index contributed by atoms with van der Waals surface area (Å²) in [5.74, 6) is 1.55. The minimum Gasteiger partial charge on any atom is -0.497 e. The van der Waals surface area contributed by atoms with Crippen LogP contribution in [0.1, 0.15) is 30.0 Å². The second-order valence-corrected chi connectivity index (χ2v) is 9.91. The topological polar surface area (TPSA) is 58.6 Å². The number of amides is 2. The van der Waals surface area contributed by atoms with Crippen LogP contribution >= 0.6 is 23.4 Å². The second-order valence-electron chi connectivity index (χ2n) is 8.49. The summed E-state index contributed by atoms with van der Waals surface area (Å²) in [7, 11) is 1.64. The van der Waals surface area contributed by atoms with Gasteiger partial charge in [0, 0.05) is 30.3 Å². The minimum absolute atomic E-state index is 0.0731. The van der Waals surface area contributed by atoms with Gasteiger partial charge in [0.1, 0.15) is 11.8 Å². The van der Waals surface area contributed by atoms with Gasteiger partial charge >= 0.3 is 0 Å². The van der Waals surface area contributed by atoms with Gasteiger partial charge in [0.15, 0.2) is 0 Å². The quantitative estimate of drug-likeness (QED) is 0.309. The monoisotopic (exact) mass is 524 g/mol. The van der Waals surface area contributed by atoms with Crippen LogP contribution in [0, 0.1) is 0 Å².